The molecule has 0 saturated carbocycles. The molecule has 0 amide bonds. The van der Waals surface area contributed by atoms with Gasteiger partial charge < -0.3 is 20.1 Å². The smallest absolute Gasteiger partial charge is 0.191 e. The van der Waals surface area contributed by atoms with E-state index in [0.29, 0.717) is 12.0 Å². The van der Waals surface area contributed by atoms with E-state index in [2.05, 4.69) is 56.9 Å². The van der Waals surface area contributed by atoms with Crippen LogP contribution in [0.25, 0.3) is 0 Å². The van der Waals surface area contributed by atoms with Crippen LogP contribution in [0.1, 0.15) is 29.0 Å². The number of benzene rings is 2. The Bertz CT molecular complexity index is 883. The fraction of sp³-hybridized carbons (Fsp3) is 0.458. The minimum absolute atomic E-state index is 0. The number of fused-ring (bicyclic) bond motifs is 1. The summed E-state index contributed by atoms with van der Waals surface area (Å²) in [7, 11) is 5.23. The predicted octanol–water partition coefficient (Wildman–Crippen LogP) is 3.40. The molecule has 0 aromatic heterocycles. The number of aliphatic imine (C=N–C) groups is 1. The van der Waals surface area contributed by atoms with Crippen molar-refractivity contribution in [3.63, 3.8) is 0 Å². The van der Waals surface area contributed by atoms with E-state index in [4.69, 9.17) is 9.47 Å². The van der Waals surface area contributed by atoms with Crippen LogP contribution in [0.3, 0.4) is 0 Å². The molecule has 1 saturated heterocycles. The molecule has 1 aliphatic carbocycles. The number of halogens is 1. The van der Waals surface area contributed by atoms with E-state index >= 15 is 0 Å². The van der Waals surface area contributed by atoms with E-state index in [1.807, 2.05) is 13.1 Å². The third kappa shape index (κ3) is 5.83. The van der Waals surface area contributed by atoms with Crippen molar-refractivity contribution in [2.24, 2.45) is 4.99 Å². The lowest BCUT2D eigenvalue weighted by atomic mass is 9.78. The molecule has 2 atom stereocenters. The van der Waals surface area contributed by atoms with Crippen LogP contribution in [0.2, 0.25) is 0 Å². The average molecular weight is 536 g/mol. The Morgan fingerprint density at radius 3 is 2.55 bits per heavy atom. The molecule has 2 unspecified atom stereocenters. The summed E-state index contributed by atoms with van der Waals surface area (Å²) in [5, 5.41) is 7.12. The Morgan fingerprint density at radius 2 is 1.87 bits per heavy atom. The largest absolute Gasteiger partial charge is 0.497 e. The fourth-order valence-electron chi connectivity index (χ4n) is 4.46. The van der Waals surface area contributed by atoms with Gasteiger partial charge in [-0.15, -0.1) is 24.0 Å². The monoisotopic (exact) mass is 536 g/mol. The lowest BCUT2D eigenvalue weighted by Crippen LogP contribution is -2.46. The Hall–Kier alpha value is -2.00. The first kappa shape index (κ1) is 23.7. The van der Waals surface area contributed by atoms with Crippen molar-refractivity contribution in [3.8, 4) is 11.5 Å². The zero-order chi connectivity index (χ0) is 20.9. The highest BCUT2D eigenvalue weighted by Crippen LogP contribution is 2.34. The topological polar surface area (TPSA) is 58.1 Å². The first-order chi connectivity index (χ1) is 14.7. The van der Waals surface area contributed by atoms with E-state index in [9.17, 15) is 0 Å². The number of methoxy groups -OCH3 is 2. The van der Waals surface area contributed by atoms with Crippen LogP contribution in [0.15, 0.2) is 47.5 Å². The van der Waals surface area contributed by atoms with Crippen LogP contribution in [-0.4, -0.2) is 57.8 Å². The Balaban J connectivity index is 0.00000272. The summed E-state index contributed by atoms with van der Waals surface area (Å²) in [6.07, 6.45) is 2.26. The van der Waals surface area contributed by atoms with E-state index in [-0.39, 0.29) is 24.0 Å². The van der Waals surface area contributed by atoms with Crippen molar-refractivity contribution in [2.45, 2.75) is 31.3 Å². The number of likely N-dealkylation sites (tertiary alicyclic amines) is 1. The summed E-state index contributed by atoms with van der Waals surface area (Å²) >= 11 is 0. The SMILES string of the molecule is CN=C(NCC1Cc2ccccc21)NC1CCN(Cc2cc(OC)cc(OC)c2)C1.I. The van der Waals surface area contributed by atoms with Gasteiger partial charge in [0.05, 0.1) is 14.2 Å². The van der Waals surface area contributed by atoms with Gasteiger partial charge in [-0.2, -0.15) is 0 Å². The fourth-order valence-corrected chi connectivity index (χ4v) is 4.46. The van der Waals surface area contributed by atoms with Gasteiger partial charge in [-0.3, -0.25) is 9.89 Å². The van der Waals surface area contributed by atoms with Gasteiger partial charge >= 0.3 is 0 Å². The molecule has 7 heteroatoms. The van der Waals surface area contributed by atoms with Gasteiger partial charge in [-0.05, 0) is 41.7 Å². The number of hydrogen-bond donors (Lipinski definition) is 2. The zero-order valence-electron chi connectivity index (χ0n) is 18.6. The van der Waals surface area contributed by atoms with Crippen LogP contribution in [0, 0.1) is 0 Å². The molecule has 1 aliphatic heterocycles. The highest BCUT2D eigenvalue weighted by molar-refractivity contribution is 14.0. The van der Waals surface area contributed by atoms with Crippen molar-refractivity contribution in [1.29, 1.82) is 0 Å². The molecule has 168 valence electrons. The molecular weight excluding hydrogens is 503 g/mol. The first-order valence-corrected chi connectivity index (χ1v) is 10.7. The summed E-state index contributed by atoms with van der Waals surface area (Å²) in [6, 6.07) is 15.2. The second kappa shape index (κ2) is 11.0. The molecular formula is C24H33IN4O2. The van der Waals surface area contributed by atoms with E-state index in [1.54, 1.807) is 14.2 Å². The Morgan fingerprint density at radius 1 is 1.13 bits per heavy atom. The number of hydrogen-bond acceptors (Lipinski definition) is 4. The molecule has 2 N–H and O–H groups in total. The van der Waals surface area contributed by atoms with Gasteiger partial charge in [-0.1, -0.05) is 24.3 Å². The van der Waals surface area contributed by atoms with Crippen LogP contribution in [0.5, 0.6) is 11.5 Å². The van der Waals surface area contributed by atoms with Gasteiger partial charge in [0.25, 0.3) is 0 Å². The molecule has 2 aromatic carbocycles. The molecule has 2 aliphatic rings. The number of nitrogens with zero attached hydrogens (tertiary/aromatic N) is 2. The lowest BCUT2D eigenvalue weighted by Gasteiger charge is -2.31. The third-order valence-corrected chi connectivity index (χ3v) is 6.13. The molecule has 2 aromatic rings. The minimum atomic E-state index is 0. The van der Waals surface area contributed by atoms with Crippen LogP contribution >= 0.6 is 24.0 Å². The highest BCUT2D eigenvalue weighted by atomic mass is 127. The standard InChI is InChI=1S/C24H32N4O2.HI/c1-25-24(26-14-19-12-18-6-4-5-7-23(18)19)27-20-8-9-28(16-20)15-17-10-21(29-2)13-22(11-17)30-3;/h4-7,10-11,13,19-20H,8-9,12,14-16H2,1-3H3,(H2,25,26,27);1H. The molecule has 1 heterocycles. The number of nitrogens with one attached hydrogen (secondary N) is 2. The molecule has 31 heavy (non-hydrogen) atoms. The van der Waals surface area contributed by atoms with Crippen molar-refractivity contribution < 1.29 is 9.47 Å². The van der Waals surface area contributed by atoms with Crippen LogP contribution in [-0.2, 0) is 13.0 Å². The zero-order valence-corrected chi connectivity index (χ0v) is 20.9. The van der Waals surface area contributed by atoms with Gasteiger partial charge in [-0.25, -0.2) is 0 Å². The number of ether oxygens (including phenoxy) is 2. The maximum Gasteiger partial charge on any atom is 0.191 e. The maximum absolute atomic E-state index is 5.40. The van der Waals surface area contributed by atoms with Crippen molar-refractivity contribution in [1.82, 2.24) is 15.5 Å². The molecule has 1 fully saturated rings. The van der Waals surface area contributed by atoms with Crippen LogP contribution in [0.4, 0.5) is 0 Å². The Kier molecular flexibility index (Phi) is 8.43. The quantitative estimate of drug-likeness (QED) is 0.323. The van der Waals surface area contributed by atoms with Gasteiger partial charge in [0, 0.05) is 51.3 Å². The molecule has 0 bridgehead atoms. The minimum Gasteiger partial charge on any atom is -0.497 e. The lowest BCUT2D eigenvalue weighted by molar-refractivity contribution is 0.321. The highest BCUT2D eigenvalue weighted by Gasteiger charge is 2.27. The summed E-state index contributed by atoms with van der Waals surface area (Å²) in [5.41, 5.74) is 4.16. The van der Waals surface area contributed by atoms with Crippen LogP contribution < -0.4 is 20.1 Å². The molecule has 4 rings (SSSR count). The average Bonchev–Trinajstić information content (AvgIpc) is 3.19. The third-order valence-electron chi connectivity index (χ3n) is 6.13. The molecule has 0 radical (unpaired) electrons. The van der Waals surface area contributed by atoms with Gasteiger partial charge in [0.1, 0.15) is 11.5 Å². The first-order valence-electron chi connectivity index (χ1n) is 10.7. The van der Waals surface area contributed by atoms with E-state index < -0.39 is 0 Å². The summed E-state index contributed by atoms with van der Waals surface area (Å²) in [5.74, 6) is 3.15. The summed E-state index contributed by atoms with van der Waals surface area (Å²) in [4.78, 5) is 6.89. The second-order valence-corrected chi connectivity index (χ2v) is 8.14. The van der Waals surface area contributed by atoms with Crippen molar-refractivity contribution in [2.75, 3.05) is 40.9 Å². The maximum atomic E-state index is 5.40. The Labute approximate surface area is 202 Å². The number of guanidine groups is 1. The number of rotatable bonds is 7. The predicted molar refractivity (Wildman–Crippen MR) is 136 cm³/mol. The molecule has 0 spiro atoms. The van der Waals surface area contributed by atoms with Gasteiger partial charge in [0.15, 0.2) is 5.96 Å². The van der Waals surface area contributed by atoms with E-state index in [0.717, 1.165) is 56.5 Å². The van der Waals surface area contributed by atoms with Crippen molar-refractivity contribution >= 4 is 29.9 Å². The summed E-state index contributed by atoms with van der Waals surface area (Å²) in [6.45, 7) is 3.87. The van der Waals surface area contributed by atoms with E-state index in [1.165, 1.54) is 16.7 Å². The van der Waals surface area contributed by atoms with Crippen molar-refractivity contribution in [3.05, 3.63) is 59.2 Å². The summed E-state index contributed by atoms with van der Waals surface area (Å²) < 4.78 is 10.8. The second-order valence-electron chi connectivity index (χ2n) is 8.14. The molecule has 6 nitrogen and oxygen atoms in total. The van der Waals surface area contributed by atoms with Gasteiger partial charge in [0.2, 0.25) is 0 Å². The normalized spacial score (nSPS) is 20.3.